The maximum atomic E-state index is 12.9. The molecule has 3 rings (SSSR count). The summed E-state index contributed by atoms with van der Waals surface area (Å²) >= 11 is 0. The fourth-order valence-corrected chi connectivity index (χ4v) is 2.71. The van der Waals surface area contributed by atoms with Gasteiger partial charge in [-0.15, -0.1) is 5.10 Å². The van der Waals surface area contributed by atoms with Gasteiger partial charge in [0.05, 0.1) is 5.69 Å². The van der Waals surface area contributed by atoms with E-state index in [1.54, 1.807) is 12.1 Å². The molecular weight excluding hydrogens is 295 g/mol. The van der Waals surface area contributed by atoms with Crippen LogP contribution < -0.4 is 10.2 Å². The number of aromatic nitrogens is 2. The van der Waals surface area contributed by atoms with Gasteiger partial charge in [-0.3, -0.25) is 4.79 Å². The van der Waals surface area contributed by atoms with Gasteiger partial charge in [-0.05, 0) is 56.2 Å². The number of hydrogen-bond acceptors (Lipinski definition) is 4. The summed E-state index contributed by atoms with van der Waals surface area (Å²) in [6.45, 7) is 3.46. The van der Waals surface area contributed by atoms with Gasteiger partial charge in [0.1, 0.15) is 5.82 Å². The molecule has 0 bridgehead atoms. The summed E-state index contributed by atoms with van der Waals surface area (Å²) in [7, 11) is 0. The highest BCUT2D eigenvalue weighted by molar-refractivity contribution is 5.92. The average Bonchev–Trinajstić information content (AvgIpc) is 2.58. The number of benzene rings is 1. The minimum absolute atomic E-state index is 0.00810. The van der Waals surface area contributed by atoms with Gasteiger partial charge in [-0.25, -0.2) is 4.39 Å². The van der Waals surface area contributed by atoms with Crippen molar-refractivity contribution < 1.29 is 9.18 Å². The largest absolute Gasteiger partial charge is 0.355 e. The summed E-state index contributed by atoms with van der Waals surface area (Å²) in [5, 5.41) is 11.1. The smallest absolute Gasteiger partial charge is 0.227 e. The molecule has 5 nitrogen and oxygen atoms in total. The van der Waals surface area contributed by atoms with Crippen LogP contribution in [-0.2, 0) is 4.79 Å². The van der Waals surface area contributed by atoms with Crippen LogP contribution in [0.4, 0.5) is 15.9 Å². The molecule has 1 saturated heterocycles. The zero-order valence-electron chi connectivity index (χ0n) is 13.0. The van der Waals surface area contributed by atoms with Crippen molar-refractivity contribution in [2.75, 3.05) is 23.3 Å². The predicted molar refractivity (Wildman–Crippen MR) is 86.7 cm³/mol. The van der Waals surface area contributed by atoms with Crippen molar-refractivity contribution in [1.29, 1.82) is 0 Å². The van der Waals surface area contributed by atoms with Crippen molar-refractivity contribution in [2.45, 2.75) is 19.8 Å². The Morgan fingerprint density at radius 1 is 1.13 bits per heavy atom. The molecule has 2 aromatic rings. The van der Waals surface area contributed by atoms with Gasteiger partial charge in [0.15, 0.2) is 5.82 Å². The first kappa shape index (κ1) is 15.4. The summed E-state index contributed by atoms with van der Waals surface area (Å²) in [6, 6.07) is 9.73. The van der Waals surface area contributed by atoms with E-state index in [2.05, 4.69) is 20.4 Å². The molecule has 0 radical (unpaired) electrons. The number of hydrogen-bond donors (Lipinski definition) is 1. The fraction of sp³-hybridized carbons (Fsp3) is 0.353. The minimum atomic E-state index is -0.310. The Kier molecular flexibility index (Phi) is 4.50. The van der Waals surface area contributed by atoms with Crippen molar-refractivity contribution in [3.63, 3.8) is 0 Å². The van der Waals surface area contributed by atoms with Gasteiger partial charge < -0.3 is 10.2 Å². The summed E-state index contributed by atoms with van der Waals surface area (Å²) < 4.78 is 12.9. The summed E-state index contributed by atoms with van der Waals surface area (Å²) in [6.07, 6.45) is 1.53. The Morgan fingerprint density at radius 2 is 1.83 bits per heavy atom. The normalized spacial score (nSPS) is 15.5. The molecule has 0 unspecified atom stereocenters. The molecule has 1 amide bonds. The Morgan fingerprint density at radius 3 is 2.43 bits per heavy atom. The molecule has 1 aliphatic rings. The molecule has 2 heterocycles. The molecule has 0 spiro atoms. The van der Waals surface area contributed by atoms with E-state index in [0.29, 0.717) is 5.69 Å². The number of nitrogens with one attached hydrogen (secondary N) is 1. The van der Waals surface area contributed by atoms with E-state index in [9.17, 15) is 9.18 Å². The lowest BCUT2D eigenvalue weighted by atomic mass is 9.96. The zero-order chi connectivity index (χ0) is 16.2. The average molecular weight is 314 g/mol. The first-order valence-electron chi connectivity index (χ1n) is 7.73. The van der Waals surface area contributed by atoms with Crippen LogP contribution in [0.1, 0.15) is 18.5 Å². The molecule has 1 aromatic heterocycles. The van der Waals surface area contributed by atoms with Crippen LogP contribution in [-0.4, -0.2) is 29.2 Å². The molecular formula is C17H19FN4O. The third-order valence-electron chi connectivity index (χ3n) is 4.09. The monoisotopic (exact) mass is 314 g/mol. The van der Waals surface area contributed by atoms with E-state index in [-0.39, 0.29) is 17.6 Å². The molecule has 1 fully saturated rings. The van der Waals surface area contributed by atoms with E-state index in [4.69, 9.17) is 0 Å². The number of carbonyl (C=O) groups is 1. The second-order valence-corrected chi connectivity index (χ2v) is 5.79. The van der Waals surface area contributed by atoms with Crippen molar-refractivity contribution in [2.24, 2.45) is 5.92 Å². The standard InChI is InChI=1S/C17H19FN4O/c1-12-2-7-16(21-20-12)22-10-8-13(9-11-22)17(23)19-15-5-3-14(18)4-6-15/h2-7,13H,8-11H2,1H3,(H,19,23). The minimum Gasteiger partial charge on any atom is -0.355 e. The molecule has 1 N–H and O–H groups in total. The van der Waals surface area contributed by atoms with Crippen LogP contribution >= 0.6 is 0 Å². The fourth-order valence-electron chi connectivity index (χ4n) is 2.71. The highest BCUT2D eigenvalue weighted by Crippen LogP contribution is 2.23. The SMILES string of the molecule is Cc1ccc(N2CCC(C(=O)Nc3ccc(F)cc3)CC2)nn1. The first-order chi connectivity index (χ1) is 11.1. The molecule has 6 heteroatoms. The number of rotatable bonds is 3. The van der Waals surface area contributed by atoms with E-state index in [1.165, 1.54) is 12.1 Å². The van der Waals surface area contributed by atoms with Gasteiger partial charge >= 0.3 is 0 Å². The number of amides is 1. The Balaban J connectivity index is 1.54. The van der Waals surface area contributed by atoms with Crippen LogP contribution in [0.2, 0.25) is 0 Å². The van der Waals surface area contributed by atoms with Gasteiger partial charge in [-0.1, -0.05) is 0 Å². The Hall–Kier alpha value is -2.50. The molecule has 1 aliphatic heterocycles. The van der Waals surface area contributed by atoms with Crippen LogP contribution in [0.25, 0.3) is 0 Å². The number of piperidine rings is 1. The third-order valence-corrected chi connectivity index (χ3v) is 4.09. The van der Waals surface area contributed by atoms with Crippen LogP contribution in [0.3, 0.4) is 0 Å². The van der Waals surface area contributed by atoms with E-state index < -0.39 is 0 Å². The molecule has 120 valence electrons. The van der Waals surface area contributed by atoms with Gasteiger partial charge in [0, 0.05) is 24.7 Å². The number of carbonyl (C=O) groups excluding carboxylic acids is 1. The molecule has 1 aromatic carbocycles. The maximum absolute atomic E-state index is 12.9. The number of anilines is 2. The zero-order valence-corrected chi connectivity index (χ0v) is 13.0. The third kappa shape index (κ3) is 3.83. The number of nitrogens with zero attached hydrogens (tertiary/aromatic N) is 3. The van der Waals surface area contributed by atoms with E-state index in [0.717, 1.165) is 37.4 Å². The van der Waals surface area contributed by atoms with Crippen LogP contribution in [0.5, 0.6) is 0 Å². The maximum Gasteiger partial charge on any atom is 0.227 e. The molecule has 23 heavy (non-hydrogen) atoms. The number of halogens is 1. The summed E-state index contributed by atoms with van der Waals surface area (Å²) in [4.78, 5) is 14.4. The van der Waals surface area contributed by atoms with Crippen molar-refractivity contribution in [1.82, 2.24) is 10.2 Å². The van der Waals surface area contributed by atoms with Crippen LogP contribution in [0, 0.1) is 18.7 Å². The van der Waals surface area contributed by atoms with Crippen molar-refractivity contribution >= 4 is 17.4 Å². The quantitative estimate of drug-likeness (QED) is 0.946. The molecule has 0 aliphatic carbocycles. The molecule has 0 atom stereocenters. The van der Waals surface area contributed by atoms with E-state index >= 15 is 0 Å². The highest BCUT2D eigenvalue weighted by Gasteiger charge is 2.25. The van der Waals surface area contributed by atoms with E-state index in [1.807, 2.05) is 19.1 Å². The van der Waals surface area contributed by atoms with Crippen LogP contribution in [0.15, 0.2) is 36.4 Å². The molecule has 0 saturated carbocycles. The lowest BCUT2D eigenvalue weighted by Gasteiger charge is -2.31. The van der Waals surface area contributed by atoms with Gasteiger partial charge in [-0.2, -0.15) is 5.10 Å². The summed E-state index contributed by atoms with van der Waals surface area (Å²) in [5.41, 5.74) is 1.52. The van der Waals surface area contributed by atoms with Gasteiger partial charge in [0.25, 0.3) is 0 Å². The Bertz CT molecular complexity index is 664. The summed E-state index contributed by atoms with van der Waals surface area (Å²) in [5.74, 6) is 0.504. The number of aryl methyl sites for hydroxylation is 1. The lowest BCUT2D eigenvalue weighted by Crippen LogP contribution is -2.38. The first-order valence-corrected chi connectivity index (χ1v) is 7.73. The highest BCUT2D eigenvalue weighted by atomic mass is 19.1. The topological polar surface area (TPSA) is 58.1 Å². The predicted octanol–water partition coefficient (Wildman–Crippen LogP) is 2.78. The lowest BCUT2D eigenvalue weighted by molar-refractivity contribution is -0.120. The van der Waals surface area contributed by atoms with Gasteiger partial charge in [0.2, 0.25) is 5.91 Å². The second-order valence-electron chi connectivity index (χ2n) is 5.79. The second kappa shape index (κ2) is 6.73. The van der Waals surface area contributed by atoms with Crippen molar-refractivity contribution in [3.8, 4) is 0 Å². The van der Waals surface area contributed by atoms with Crippen molar-refractivity contribution in [3.05, 3.63) is 47.9 Å². The Labute approximate surface area is 134 Å².